The van der Waals surface area contributed by atoms with Crippen LogP contribution >= 0.6 is 35.2 Å². The molecule has 2 fully saturated rings. The number of benzene rings is 1. The predicted octanol–water partition coefficient (Wildman–Crippen LogP) is 2.85. The lowest BCUT2D eigenvalue weighted by atomic mass is 10.2. The number of hydrogen-bond acceptors (Lipinski definition) is 6. The first-order valence-electron chi connectivity index (χ1n) is 8.37. The van der Waals surface area contributed by atoms with Crippen LogP contribution in [0.15, 0.2) is 18.2 Å². The number of halogens is 1. The number of aromatic nitrogens is 1. The maximum absolute atomic E-state index is 11.7. The molecule has 0 bridgehead atoms. The lowest BCUT2D eigenvalue weighted by Gasteiger charge is -2.37. The minimum Gasteiger partial charge on any atom is -0.309 e. The van der Waals surface area contributed by atoms with Crippen LogP contribution in [-0.4, -0.2) is 66.5 Å². The van der Waals surface area contributed by atoms with Crippen molar-refractivity contribution in [2.45, 2.75) is 19.1 Å². The molecule has 0 saturated carbocycles. The third-order valence-electron chi connectivity index (χ3n) is 5.10. The Balaban J connectivity index is 1.43. The Hall–Kier alpha value is -0.510. The average Bonchev–Trinajstić information content (AvgIpc) is 3.08. The van der Waals surface area contributed by atoms with Crippen molar-refractivity contribution in [1.29, 1.82) is 0 Å². The number of nitrogens with zero attached hydrogens (tertiary/aromatic N) is 3. The highest BCUT2D eigenvalue weighted by molar-refractivity contribution is 7.91. The van der Waals surface area contributed by atoms with Gasteiger partial charge >= 0.3 is 0 Å². The van der Waals surface area contributed by atoms with Gasteiger partial charge in [-0.2, -0.15) is 0 Å². The molecule has 4 rings (SSSR count). The zero-order chi connectivity index (χ0) is 17.6. The number of sulfone groups is 1. The van der Waals surface area contributed by atoms with E-state index in [9.17, 15) is 8.42 Å². The Bertz CT molecular complexity index is 945. The molecule has 1 atom stereocenters. The molecule has 0 amide bonds. The molecule has 2 aliphatic rings. The largest absolute Gasteiger partial charge is 0.309 e. The second-order valence-electron chi connectivity index (χ2n) is 6.76. The van der Waals surface area contributed by atoms with Crippen LogP contribution in [0.1, 0.15) is 6.42 Å². The van der Waals surface area contributed by atoms with Crippen LogP contribution in [0.2, 0.25) is 5.02 Å². The summed E-state index contributed by atoms with van der Waals surface area (Å²) in [5.74, 6) is 0.667. The molecule has 2 aromatic rings. The Morgan fingerprint density at radius 1 is 1.24 bits per heavy atom. The Morgan fingerprint density at radius 3 is 2.68 bits per heavy atom. The molecular weight excluding hydrogens is 398 g/mol. The van der Waals surface area contributed by atoms with Crippen molar-refractivity contribution >= 4 is 55.2 Å². The highest BCUT2D eigenvalue weighted by Gasteiger charge is 2.33. The maximum atomic E-state index is 11.7. The molecular formula is C16H20ClN3O2S3. The summed E-state index contributed by atoms with van der Waals surface area (Å²) in [5, 5.41) is 0.723. The molecule has 1 aromatic heterocycles. The fourth-order valence-corrected chi connectivity index (χ4v) is 6.92. The molecule has 1 aromatic carbocycles. The van der Waals surface area contributed by atoms with Crippen molar-refractivity contribution in [1.82, 2.24) is 14.4 Å². The van der Waals surface area contributed by atoms with Gasteiger partial charge in [0, 0.05) is 37.2 Å². The Morgan fingerprint density at radius 2 is 2.00 bits per heavy atom. The molecule has 2 aliphatic heterocycles. The van der Waals surface area contributed by atoms with Gasteiger partial charge < -0.3 is 4.57 Å². The van der Waals surface area contributed by atoms with Crippen LogP contribution in [-0.2, 0) is 16.5 Å². The fourth-order valence-electron chi connectivity index (χ4n) is 3.70. The molecule has 136 valence electrons. The molecule has 2 saturated heterocycles. The van der Waals surface area contributed by atoms with Crippen LogP contribution in [0.4, 0.5) is 0 Å². The van der Waals surface area contributed by atoms with E-state index in [1.807, 2.05) is 18.2 Å². The maximum Gasteiger partial charge on any atom is 0.163 e. The quantitative estimate of drug-likeness (QED) is 0.718. The summed E-state index contributed by atoms with van der Waals surface area (Å²) in [4.78, 5) is 4.71. The number of hydrogen-bond donors (Lipinski definition) is 0. The van der Waals surface area contributed by atoms with E-state index in [0.717, 1.165) is 58.5 Å². The first-order chi connectivity index (χ1) is 11.9. The second kappa shape index (κ2) is 6.90. The lowest BCUT2D eigenvalue weighted by molar-refractivity contribution is 0.0857. The van der Waals surface area contributed by atoms with Crippen molar-refractivity contribution < 1.29 is 8.42 Å². The van der Waals surface area contributed by atoms with E-state index >= 15 is 0 Å². The van der Waals surface area contributed by atoms with Crippen LogP contribution in [0.3, 0.4) is 0 Å². The van der Waals surface area contributed by atoms with Gasteiger partial charge in [0.25, 0.3) is 0 Å². The third kappa shape index (κ3) is 3.79. The highest BCUT2D eigenvalue weighted by atomic mass is 35.5. The summed E-state index contributed by atoms with van der Waals surface area (Å²) in [5.41, 5.74) is 1.09. The number of rotatable bonds is 3. The summed E-state index contributed by atoms with van der Waals surface area (Å²) in [6.45, 7) is 4.44. The summed E-state index contributed by atoms with van der Waals surface area (Å²) in [6.07, 6.45) is 0.779. The SMILES string of the molecule is O=S1(=O)CCC(N2CCN(Cn3c(=S)sc4ccc(Cl)cc43)CC2)C1. The van der Waals surface area contributed by atoms with E-state index < -0.39 is 9.84 Å². The summed E-state index contributed by atoms with van der Waals surface area (Å²) < 4.78 is 27.5. The van der Waals surface area contributed by atoms with Crippen molar-refractivity contribution in [3.63, 3.8) is 0 Å². The van der Waals surface area contributed by atoms with Gasteiger partial charge in [0.05, 0.1) is 28.4 Å². The molecule has 25 heavy (non-hydrogen) atoms. The monoisotopic (exact) mass is 417 g/mol. The van der Waals surface area contributed by atoms with Gasteiger partial charge in [-0.1, -0.05) is 11.6 Å². The fraction of sp³-hybridized carbons (Fsp3) is 0.562. The van der Waals surface area contributed by atoms with Crippen LogP contribution in [0.5, 0.6) is 0 Å². The molecule has 1 unspecified atom stereocenters. The third-order valence-corrected chi connectivity index (χ3v) is 8.52. The molecule has 0 radical (unpaired) electrons. The van der Waals surface area contributed by atoms with Crippen LogP contribution in [0, 0.1) is 3.95 Å². The number of fused-ring (bicyclic) bond motifs is 1. The molecule has 3 heterocycles. The van der Waals surface area contributed by atoms with Gasteiger partial charge in [0.15, 0.2) is 13.8 Å². The average molecular weight is 418 g/mol. The lowest BCUT2D eigenvalue weighted by Crippen LogP contribution is -2.50. The first kappa shape index (κ1) is 17.9. The van der Waals surface area contributed by atoms with E-state index in [4.69, 9.17) is 23.8 Å². The summed E-state index contributed by atoms with van der Waals surface area (Å²) in [6, 6.07) is 6.10. The van der Waals surface area contributed by atoms with E-state index in [2.05, 4.69) is 14.4 Å². The van der Waals surface area contributed by atoms with Gasteiger partial charge in [-0.25, -0.2) is 8.42 Å². The zero-order valence-electron chi connectivity index (χ0n) is 13.7. The number of piperazine rings is 1. The normalized spacial score (nSPS) is 24.9. The Kier molecular flexibility index (Phi) is 4.94. The molecule has 0 N–H and O–H groups in total. The van der Waals surface area contributed by atoms with E-state index in [1.165, 1.54) is 0 Å². The van der Waals surface area contributed by atoms with E-state index in [1.54, 1.807) is 11.3 Å². The van der Waals surface area contributed by atoms with Gasteiger partial charge in [0.1, 0.15) is 0 Å². The van der Waals surface area contributed by atoms with Gasteiger partial charge in [-0.05, 0) is 36.8 Å². The van der Waals surface area contributed by atoms with Crippen molar-refractivity contribution in [3.05, 3.63) is 27.2 Å². The highest BCUT2D eigenvalue weighted by Crippen LogP contribution is 2.27. The zero-order valence-corrected chi connectivity index (χ0v) is 16.9. The minimum absolute atomic E-state index is 0.204. The predicted molar refractivity (Wildman–Crippen MR) is 106 cm³/mol. The molecule has 9 heteroatoms. The van der Waals surface area contributed by atoms with Crippen molar-refractivity contribution in [2.75, 3.05) is 37.7 Å². The van der Waals surface area contributed by atoms with Crippen LogP contribution in [0.25, 0.3) is 10.2 Å². The minimum atomic E-state index is -2.82. The standard InChI is InChI=1S/C16H20ClN3O2S3/c17-12-1-2-15-14(9-12)20(16(23)24-15)11-18-4-6-19(7-5-18)13-3-8-25(21,22)10-13/h1-2,9,13H,3-8,10-11H2. The Labute approximate surface area is 161 Å². The van der Waals surface area contributed by atoms with Crippen molar-refractivity contribution in [3.8, 4) is 0 Å². The molecule has 0 spiro atoms. The molecule has 0 aliphatic carbocycles. The van der Waals surface area contributed by atoms with E-state index in [-0.39, 0.29) is 6.04 Å². The second-order valence-corrected chi connectivity index (χ2v) is 11.1. The number of thiazole rings is 1. The topological polar surface area (TPSA) is 45.6 Å². The van der Waals surface area contributed by atoms with Crippen molar-refractivity contribution in [2.24, 2.45) is 0 Å². The van der Waals surface area contributed by atoms with Gasteiger partial charge in [-0.3, -0.25) is 9.80 Å². The molecule has 5 nitrogen and oxygen atoms in total. The first-order valence-corrected chi connectivity index (χ1v) is 11.8. The van der Waals surface area contributed by atoms with Gasteiger partial charge in [-0.15, -0.1) is 11.3 Å². The smallest absolute Gasteiger partial charge is 0.163 e. The summed E-state index contributed by atoms with van der Waals surface area (Å²) >= 11 is 13.3. The van der Waals surface area contributed by atoms with Crippen LogP contribution < -0.4 is 0 Å². The van der Waals surface area contributed by atoms with E-state index in [0.29, 0.717) is 11.5 Å². The van der Waals surface area contributed by atoms with Gasteiger partial charge in [0.2, 0.25) is 0 Å². The summed E-state index contributed by atoms with van der Waals surface area (Å²) in [7, 11) is -2.82.